The number of benzene rings is 1. The molecule has 2 amide bonds. The van der Waals surface area contributed by atoms with Gasteiger partial charge in [-0.3, -0.25) is 19.7 Å². The van der Waals surface area contributed by atoms with Gasteiger partial charge in [-0.25, -0.2) is 0 Å². The highest BCUT2D eigenvalue weighted by Crippen LogP contribution is 2.31. The van der Waals surface area contributed by atoms with Crippen molar-refractivity contribution in [3.8, 4) is 0 Å². The number of hydrogen-bond donors (Lipinski definition) is 2. The van der Waals surface area contributed by atoms with Crippen LogP contribution >= 0.6 is 22.9 Å². The number of carbonyl (C=O) groups excluding carboxylic acids is 2. The molecule has 0 spiro atoms. The maximum absolute atomic E-state index is 12.5. The van der Waals surface area contributed by atoms with E-state index in [2.05, 4.69) is 10.6 Å². The molecule has 0 radical (unpaired) electrons. The molecule has 0 fully saturated rings. The topological polar surface area (TPSA) is 114 Å². The Morgan fingerprint density at radius 3 is 2.52 bits per heavy atom. The molecule has 0 saturated carbocycles. The second-order valence-electron chi connectivity index (χ2n) is 5.38. The van der Waals surface area contributed by atoms with Gasteiger partial charge in [-0.05, 0) is 37.3 Å². The molecule has 0 aliphatic rings. The van der Waals surface area contributed by atoms with Crippen LogP contribution in [0.25, 0.3) is 0 Å². The third-order valence-corrected chi connectivity index (χ3v) is 4.81. The van der Waals surface area contributed by atoms with Crippen molar-refractivity contribution in [2.24, 2.45) is 0 Å². The molecule has 0 bridgehead atoms. The van der Waals surface area contributed by atoms with Crippen molar-refractivity contribution >= 4 is 51.8 Å². The van der Waals surface area contributed by atoms with Gasteiger partial charge in [0, 0.05) is 11.1 Å². The zero-order valence-corrected chi connectivity index (χ0v) is 15.4. The Kier molecular flexibility index (Phi) is 5.24. The number of anilines is 2. The van der Waals surface area contributed by atoms with Crippen molar-refractivity contribution in [3.63, 3.8) is 0 Å². The second-order valence-corrected chi connectivity index (χ2v) is 7.08. The highest BCUT2D eigenvalue weighted by atomic mass is 35.5. The maximum Gasteiger partial charge on any atom is 0.291 e. The Morgan fingerprint density at radius 1 is 1.15 bits per heavy atom. The van der Waals surface area contributed by atoms with Gasteiger partial charge < -0.3 is 15.1 Å². The number of nitrogens with one attached hydrogen (secondary N) is 2. The first kappa shape index (κ1) is 18.6. The largest absolute Gasteiger partial charge is 0.459 e. The van der Waals surface area contributed by atoms with Gasteiger partial charge in [0.05, 0.1) is 32.3 Å². The summed E-state index contributed by atoms with van der Waals surface area (Å²) >= 11 is 6.99. The molecule has 1 aromatic carbocycles. The minimum Gasteiger partial charge on any atom is -0.459 e. The van der Waals surface area contributed by atoms with Crippen LogP contribution in [0.15, 0.2) is 47.1 Å². The molecular formula is C17H12ClN3O5S. The molecule has 8 nitrogen and oxygen atoms in total. The fraction of sp³-hybridized carbons (Fsp3) is 0.0588. The van der Waals surface area contributed by atoms with Crippen LogP contribution in [0.3, 0.4) is 0 Å². The second kappa shape index (κ2) is 7.60. The summed E-state index contributed by atoms with van der Waals surface area (Å²) in [7, 11) is 0. The SMILES string of the molecule is Cc1sc(C(=O)Nc2ccc(Cl)cc2NC(=O)c2ccco2)cc1[N+](=O)[O-]. The summed E-state index contributed by atoms with van der Waals surface area (Å²) in [5.74, 6) is -0.954. The maximum atomic E-state index is 12.5. The van der Waals surface area contributed by atoms with E-state index in [0.717, 1.165) is 11.3 Å². The van der Waals surface area contributed by atoms with Gasteiger partial charge in [-0.1, -0.05) is 11.6 Å². The highest BCUT2D eigenvalue weighted by Gasteiger charge is 2.21. The number of nitro groups is 1. The van der Waals surface area contributed by atoms with E-state index in [-0.39, 0.29) is 27.7 Å². The van der Waals surface area contributed by atoms with E-state index in [9.17, 15) is 19.7 Å². The summed E-state index contributed by atoms with van der Waals surface area (Å²) in [6.07, 6.45) is 1.36. The minimum atomic E-state index is -0.542. The number of furan rings is 1. The molecule has 2 N–H and O–H groups in total. The molecule has 2 aromatic heterocycles. The Morgan fingerprint density at radius 2 is 1.89 bits per heavy atom. The van der Waals surface area contributed by atoms with Gasteiger partial charge in [-0.15, -0.1) is 11.3 Å². The van der Waals surface area contributed by atoms with Crippen LogP contribution in [0.2, 0.25) is 5.02 Å². The average molecular weight is 406 g/mol. The van der Waals surface area contributed by atoms with Gasteiger partial charge in [0.2, 0.25) is 0 Å². The molecule has 0 atom stereocenters. The summed E-state index contributed by atoms with van der Waals surface area (Å²) in [4.78, 5) is 35.7. The lowest BCUT2D eigenvalue weighted by atomic mass is 10.2. The predicted octanol–water partition coefficient (Wildman–Crippen LogP) is 4.72. The summed E-state index contributed by atoms with van der Waals surface area (Å²) in [5, 5.41) is 16.5. The van der Waals surface area contributed by atoms with E-state index in [1.165, 1.54) is 30.5 Å². The van der Waals surface area contributed by atoms with Crippen molar-refractivity contribution < 1.29 is 18.9 Å². The van der Waals surface area contributed by atoms with Crippen molar-refractivity contribution in [2.45, 2.75) is 6.92 Å². The molecule has 0 aliphatic carbocycles. The fourth-order valence-corrected chi connectivity index (χ4v) is 3.32. The Balaban J connectivity index is 1.84. The number of hydrogen-bond acceptors (Lipinski definition) is 6. The number of amides is 2. The monoisotopic (exact) mass is 405 g/mol. The first-order valence-corrected chi connectivity index (χ1v) is 8.75. The number of rotatable bonds is 5. The first-order valence-electron chi connectivity index (χ1n) is 7.55. The van der Waals surface area contributed by atoms with Crippen molar-refractivity contribution in [1.82, 2.24) is 0 Å². The third kappa shape index (κ3) is 4.15. The summed E-state index contributed by atoms with van der Waals surface area (Å²) in [5.41, 5.74) is 0.436. The number of nitrogens with zero attached hydrogens (tertiary/aromatic N) is 1. The van der Waals surface area contributed by atoms with Crippen molar-refractivity contribution in [1.29, 1.82) is 0 Å². The van der Waals surface area contributed by atoms with Gasteiger partial charge in [0.15, 0.2) is 5.76 Å². The molecule has 2 heterocycles. The molecule has 27 heavy (non-hydrogen) atoms. The lowest BCUT2D eigenvalue weighted by Gasteiger charge is -2.11. The Hall–Kier alpha value is -3.17. The van der Waals surface area contributed by atoms with E-state index in [1.54, 1.807) is 19.1 Å². The van der Waals surface area contributed by atoms with Crippen molar-refractivity contribution in [2.75, 3.05) is 10.6 Å². The van der Waals surface area contributed by atoms with Crippen LogP contribution in [0.1, 0.15) is 25.1 Å². The highest BCUT2D eigenvalue weighted by molar-refractivity contribution is 7.14. The van der Waals surface area contributed by atoms with Gasteiger partial charge in [-0.2, -0.15) is 0 Å². The van der Waals surface area contributed by atoms with Gasteiger partial charge >= 0.3 is 0 Å². The summed E-state index contributed by atoms with van der Waals surface area (Å²) in [6, 6.07) is 8.81. The van der Waals surface area contributed by atoms with E-state index >= 15 is 0 Å². The van der Waals surface area contributed by atoms with Crippen LogP contribution in [0.5, 0.6) is 0 Å². The van der Waals surface area contributed by atoms with Crippen LogP contribution in [-0.2, 0) is 0 Å². The molecule has 10 heteroatoms. The predicted molar refractivity (Wildman–Crippen MR) is 102 cm³/mol. The molecule has 0 unspecified atom stereocenters. The Labute approximate surface area is 161 Å². The number of aryl methyl sites for hydroxylation is 1. The fourth-order valence-electron chi connectivity index (χ4n) is 2.27. The number of halogens is 1. The van der Waals surface area contributed by atoms with E-state index in [4.69, 9.17) is 16.0 Å². The van der Waals surface area contributed by atoms with Crippen LogP contribution < -0.4 is 10.6 Å². The zero-order chi connectivity index (χ0) is 19.6. The number of thiophene rings is 1. The smallest absolute Gasteiger partial charge is 0.291 e. The molecule has 0 saturated heterocycles. The van der Waals surface area contributed by atoms with E-state index in [0.29, 0.717) is 9.90 Å². The zero-order valence-electron chi connectivity index (χ0n) is 13.8. The van der Waals surface area contributed by atoms with Crippen LogP contribution in [0, 0.1) is 17.0 Å². The Bertz CT molecular complexity index is 1030. The molecular weight excluding hydrogens is 394 g/mol. The lowest BCUT2D eigenvalue weighted by Crippen LogP contribution is -2.16. The summed E-state index contributed by atoms with van der Waals surface area (Å²) < 4.78 is 5.03. The molecule has 3 aromatic rings. The van der Waals surface area contributed by atoms with Gasteiger partial charge in [0.1, 0.15) is 0 Å². The minimum absolute atomic E-state index is 0.0942. The quantitative estimate of drug-likeness (QED) is 0.471. The van der Waals surface area contributed by atoms with E-state index in [1.807, 2.05) is 0 Å². The number of carbonyl (C=O) groups is 2. The third-order valence-electron chi connectivity index (χ3n) is 3.54. The van der Waals surface area contributed by atoms with Gasteiger partial charge in [0.25, 0.3) is 17.5 Å². The van der Waals surface area contributed by atoms with Crippen molar-refractivity contribution in [3.05, 3.63) is 73.3 Å². The standard InChI is InChI=1S/C17H12ClN3O5S/c1-9-13(21(24)25)8-15(27-9)17(23)19-11-5-4-10(18)7-12(11)20-16(22)14-3-2-6-26-14/h2-8H,1H3,(H,19,23)(H,20,22). The molecule has 0 aliphatic heterocycles. The van der Waals surface area contributed by atoms with Crippen LogP contribution in [0.4, 0.5) is 17.1 Å². The van der Waals surface area contributed by atoms with Crippen LogP contribution in [-0.4, -0.2) is 16.7 Å². The molecule has 3 rings (SSSR count). The molecule has 138 valence electrons. The van der Waals surface area contributed by atoms with E-state index < -0.39 is 16.7 Å². The average Bonchev–Trinajstić information content (AvgIpc) is 3.26. The normalized spacial score (nSPS) is 10.4. The lowest BCUT2D eigenvalue weighted by molar-refractivity contribution is -0.385. The summed E-state index contributed by atoms with van der Waals surface area (Å²) in [6.45, 7) is 1.57. The first-order chi connectivity index (χ1) is 12.8.